The van der Waals surface area contributed by atoms with Gasteiger partial charge < -0.3 is 24.0 Å². The highest BCUT2D eigenvalue weighted by Gasteiger charge is 2.06. The van der Waals surface area contributed by atoms with Crippen molar-refractivity contribution in [2.75, 3.05) is 67.2 Å². The molecule has 0 rings (SSSR count). The van der Waals surface area contributed by atoms with Gasteiger partial charge in [-0.15, -0.1) is 0 Å². The first-order valence-electron chi connectivity index (χ1n) is 10.2. The summed E-state index contributed by atoms with van der Waals surface area (Å²) in [6.45, 7) is 6.72. The van der Waals surface area contributed by atoms with Gasteiger partial charge in [-0.25, -0.2) is 0 Å². The van der Waals surface area contributed by atoms with Crippen LogP contribution in [0.4, 0.5) is 0 Å². The van der Waals surface area contributed by atoms with Gasteiger partial charge in [-0.2, -0.15) is 0 Å². The minimum absolute atomic E-state index is 0.114. The fourth-order valence-corrected chi connectivity index (χ4v) is 2.24. The highest BCUT2D eigenvalue weighted by atomic mass is 16.5. The first-order valence-corrected chi connectivity index (χ1v) is 10.2. The Morgan fingerprint density at radius 1 is 0.704 bits per heavy atom. The van der Waals surface area contributed by atoms with Gasteiger partial charge >= 0.3 is 11.9 Å². The second kappa shape index (κ2) is 18.2. The lowest BCUT2D eigenvalue weighted by atomic mass is 10.2. The molecule has 7 nitrogen and oxygen atoms in total. The van der Waals surface area contributed by atoms with Gasteiger partial charge in [0.2, 0.25) is 0 Å². The van der Waals surface area contributed by atoms with Crippen LogP contribution in [0.15, 0.2) is 0 Å². The molecule has 7 heteroatoms. The fraction of sp³-hybridized carbons (Fsp3) is 0.900. The summed E-state index contributed by atoms with van der Waals surface area (Å²) in [5.41, 5.74) is 0. The second-order valence-corrected chi connectivity index (χ2v) is 7.07. The lowest BCUT2D eigenvalue weighted by Gasteiger charge is -2.16. The molecule has 160 valence electrons. The van der Waals surface area contributed by atoms with E-state index in [9.17, 15) is 9.59 Å². The van der Waals surface area contributed by atoms with E-state index >= 15 is 0 Å². The van der Waals surface area contributed by atoms with Gasteiger partial charge in [0.05, 0.1) is 32.8 Å². The maximum atomic E-state index is 11.7. The van der Waals surface area contributed by atoms with Crippen molar-refractivity contribution in [3.63, 3.8) is 0 Å². The quantitative estimate of drug-likeness (QED) is 0.264. The van der Waals surface area contributed by atoms with Crippen molar-refractivity contribution in [1.29, 1.82) is 0 Å². The Kier molecular flexibility index (Phi) is 17.4. The summed E-state index contributed by atoms with van der Waals surface area (Å²) < 4.78 is 15.9. The highest BCUT2D eigenvalue weighted by molar-refractivity contribution is 5.69. The number of carbonyl (C=O) groups is 2. The second-order valence-electron chi connectivity index (χ2n) is 7.07. The molecule has 0 aromatic heterocycles. The monoisotopic (exact) mass is 388 g/mol. The topological polar surface area (TPSA) is 68.3 Å². The molecule has 0 N–H and O–H groups in total. The van der Waals surface area contributed by atoms with Crippen molar-refractivity contribution >= 4 is 11.9 Å². The van der Waals surface area contributed by atoms with Gasteiger partial charge in [0.1, 0.15) is 0 Å². The van der Waals surface area contributed by atoms with Crippen LogP contribution in [-0.4, -0.2) is 88.9 Å². The number of esters is 2. The van der Waals surface area contributed by atoms with Gasteiger partial charge in [0.15, 0.2) is 0 Å². The maximum absolute atomic E-state index is 11.7. The van der Waals surface area contributed by atoms with E-state index in [0.29, 0.717) is 39.2 Å². The normalized spacial score (nSPS) is 11.2. The Morgan fingerprint density at radius 3 is 1.81 bits per heavy atom. The predicted octanol–water partition coefficient (Wildman–Crippen LogP) is 2.33. The number of unbranched alkanes of at least 4 members (excludes halogenated alkanes) is 3. The van der Waals surface area contributed by atoms with Crippen molar-refractivity contribution in [2.24, 2.45) is 0 Å². The van der Waals surface area contributed by atoms with Gasteiger partial charge in [-0.3, -0.25) is 9.59 Å². The third-order valence-corrected chi connectivity index (χ3v) is 4.02. The van der Waals surface area contributed by atoms with Crippen LogP contribution in [0.2, 0.25) is 0 Å². The Labute approximate surface area is 165 Å². The number of hydrogen-bond donors (Lipinski definition) is 0. The Bertz CT molecular complexity index is 377. The lowest BCUT2D eigenvalue weighted by Crippen LogP contribution is -2.27. The van der Waals surface area contributed by atoms with Crippen LogP contribution >= 0.6 is 0 Å². The molecule has 0 atom stereocenters. The van der Waals surface area contributed by atoms with Crippen molar-refractivity contribution in [2.45, 2.75) is 51.9 Å². The zero-order chi connectivity index (χ0) is 20.3. The summed E-state index contributed by atoms with van der Waals surface area (Å²) in [7, 11) is 6.02. The SMILES string of the molecule is CCCC(=O)OCCCCCCOC(=O)CCN(C)CCOCCN(C)C. The van der Waals surface area contributed by atoms with E-state index in [4.69, 9.17) is 14.2 Å². The van der Waals surface area contributed by atoms with Crippen LogP contribution in [0.3, 0.4) is 0 Å². The van der Waals surface area contributed by atoms with Crippen molar-refractivity contribution in [3.8, 4) is 0 Å². The molecular weight excluding hydrogens is 348 g/mol. The van der Waals surface area contributed by atoms with Gasteiger partial charge in [0.25, 0.3) is 0 Å². The molecule has 0 radical (unpaired) electrons. The molecule has 0 bridgehead atoms. The van der Waals surface area contributed by atoms with Crippen LogP contribution in [0.25, 0.3) is 0 Å². The number of likely N-dealkylation sites (N-methyl/N-ethyl adjacent to an activating group) is 2. The zero-order valence-corrected chi connectivity index (χ0v) is 17.8. The molecule has 0 saturated carbocycles. The van der Waals surface area contributed by atoms with Gasteiger partial charge in [0, 0.05) is 26.1 Å². The van der Waals surface area contributed by atoms with Crippen molar-refractivity contribution in [3.05, 3.63) is 0 Å². The Morgan fingerprint density at radius 2 is 1.26 bits per heavy atom. The maximum Gasteiger partial charge on any atom is 0.307 e. The summed E-state index contributed by atoms with van der Waals surface area (Å²) >= 11 is 0. The molecule has 0 aromatic rings. The minimum atomic E-state index is -0.149. The van der Waals surface area contributed by atoms with Gasteiger partial charge in [-0.1, -0.05) is 6.92 Å². The summed E-state index contributed by atoms with van der Waals surface area (Å²) in [5.74, 6) is -0.264. The van der Waals surface area contributed by atoms with Crippen LogP contribution in [0, 0.1) is 0 Å². The van der Waals surface area contributed by atoms with E-state index in [0.717, 1.165) is 51.8 Å². The van der Waals surface area contributed by atoms with Crippen molar-refractivity contribution < 1.29 is 23.8 Å². The summed E-state index contributed by atoms with van der Waals surface area (Å²) in [4.78, 5) is 27.1. The van der Waals surface area contributed by atoms with Crippen LogP contribution in [0.5, 0.6) is 0 Å². The van der Waals surface area contributed by atoms with E-state index < -0.39 is 0 Å². The van der Waals surface area contributed by atoms with Crippen LogP contribution in [0.1, 0.15) is 51.9 Å². The molecule has 27 heavy (non-hydrogen) atoms. The number of nitrogens with zero attached hydrogens (tertiary/aromatic N) is 2. The van der Waals surface area contributed by atoms with Crippen molar-refractivity contribution in [1.82, 2.24) is 9.80 Å². The van der Waals surface area contributed by atoms with E-state index in [1.807, 2.05) is 28.1 Å². The summed E-state index contributed by atoms with van der Waals surface area (Å²) in [5, 5.41) is 0. The van der Waals surface area contributed by atoms with E-state index in [1.165, 1.54) is 0 Å². The fourth-order valence-electron chi connectivity index (χ4n) is 2.24. The third kappa shape index (κ3) is 19.4. The Hall–Kier alpha value is -1.18. The van der Waals surface area contributed by atoms with E-state index in [-0.39, 0.29) is 11.9 Å². The average molecular weight is 389 g/mol. The standard InChI is InChI=1S/C20H40N2O5/c1-5-10-19(23)26-15-8-6-7-9-16-27-20(24)11-12-22(4)14-18-25-17-13-21(2)3/h5-18H2,1-4H3. The summed E-state index contributed by atoms with van der Waals surface area (Å²) in [6.07, 6.45) is 5.39. The zero-order valence-electron chi connectivity index (χ0n) is 17.8. The summed E-state index contributed by atoms with van der Waals surface area (Å²) in [6, 6.07) is 0. The molecule has 0 amide bonds. The van der Waals surface area contributed by atoms with Crippen LogP contribution in [-0.2, 0) is 23.8 Å². The number of carbonyl (C=O) groups excluding carboxylic acids is 2. The molecule has 0 aliphatic heterocycles. The number of rotatable bonds is 18. The Balaban J connectivity index is 3.39. The molecule has 0 aromatic carbocycles. The molecule has 0 saturated heterocycles. The largest absolute Gasteiger partial charge is 0.466 e. The predicted molar refractivity (Wildman–Crippen MR) is 107 cm³/mol. The number of hydrogen-bond acceptors (Lipinski definition) is 7. The first kappa shape index (κ1) is 25.8. The minimum Gasteiger partial charge on any atom is -0.466 e. The lowest BCUT2D eigenvalue weighted by molar-refractivity contribution is -0.145. The molecular formula is C20H40N2O5. The molecule has 0 aliphatic carbocycles. The smallest absolute Gasteiger partial charge is 0.307 e. The first-order chi connectivity index (χ1) is 13.0. The van der Waals surface area contributed by atoms with E-state index in [2.05, 4.69) is 9.80 Å². The molecule has 0 fully saturated rings. The van der Waals surface area contributed by atoms with Gasteiger partial charge in [-0.05, 0) is 53.2 Å². The number of ether oxygens (including phenoxy) is 3. The molecule has 0 aliphatic rings. The highest BCUT2D eigenvalue weighted by Crippen LogP contribution is 2.02. The molecule has 0 unspecified atom stereocenters. The third-order valence-electron chi connectivity index (χ3n) is 4.02. The van der Waals surface area contributed by atoms with E-state index in [1.54, 1.807) is 0 Å². The van der Waals surface area contributed by atoms with Crippen LogP contribution < -0.4 is 0 Å². The molecule has 0 heterocycles. The average Bonchev–Trinajstić information content (AvgIpc) is 2.61. The molecule has 0 spiro atoms.